The fourth-order valence-corrected chi connectivity index (χ4v) is 9.67. The second-order valence-electron chi connectivity index (χ2n) is 16.2. The van der Waals surface area contributed by atoms with Gasteiger partial charge < -0.3 is 9.13 Å². The summed E-state index contributed by atoms with van der Waals surface area (Å²) >= 11 is 0. The highest BCUT2D eigenvalue weighted by atomic mass is 32.3. The minimum absolute atomic E-state index is 0.719. The third-order valence-corrected chi connectivity index (χ3v) is 13.4. The molecule has 5 heteroatoms. The molecule has 60 heavy (non-hydrogen) atoms. The first-order valence-corrected chi connectivity index (χ1v) is 23.2. The molecule has 0 saturated heterocycles. The van der Waals surface area contributed by atoms with Crippen LogP contribution in [0.1, 0.15) is 0 Å². The molecule has 0 bridgehead atoms. The van der Waals surface area contributed by atoms with Crippen LogP contribution in [0, 0.1) is 0 Å². The Kier molecular flexibility index (Phi) is 8.54. The van der Waals surface area contributed by atoms with Crippen molar-refractivity contribution in [1.29, 1.82) is 0 Å². The molecule has 0 spiro atoms. The monoisotopic (exact) mass is 790 g/mol. The van der Waals surface area contributed by atoms with E-state index in [0.29, 0.717) is 0 Å². The fourth-order valence-electron chi connectivity index (χ4n) is 8.71. The molecule has 3 heterocycles. The van der Waals surface area contributed by atoms with Crippen molar-refractivity contribution in [3.8, 4) is 56.4 Å². The molecule has 0 atom stereocenters. The van der Waals surface area contributed by atoms with E-state index in [-0.39, 0.29) is 0 Å². The summed E-state index contributed by atoms with van der Waals surface area (Å²) in [6.07, 6.45) is 6.98. The molecule has 11 aromatic rings. The molecule has 0 saturated carbocycles. The van der Waals surface area contributed by atoms with Crippen LogP contribution in [0.5, 0.6) is 0 Å². The highest BCUT2D eigenvalue weighted by molar-refractivity contribution is 8.32. The van der Waals surface area contributed by atoms with Crippen LogP contribution in [-0.4, -0.2) is 37.9 Å². The molecule has 288 valence electrons. The van der Waals surface area contributed by atoms with Gasteiger partial charge >= 0.3 is 0 Å². The number of benzene rings is 8. The van der Waals surface area contributed by atoms with Crippen LogP contribution in [0.15, 0.2) is 205 Å². The number of rotatable bonds is 7. The van der Waals surface area contributed by atoms with Gasteiger partial charge in [-0.1, -0.05) is 121 Å². The average Bonchev–Trinajstić information content (AvgIpc) is 3.81. The van der Waals surface area contributed by atoms with E-state index >= 15 is 0 Å². The highest BCUT2D eigenvalue weighted by Gasteiger charge is 2.17. The Labute approximate surface area is 351 Å². The number of aromatic nitrogens is 4. The van der Waals surface area contributed by atoms with Gasteiger partial charge in [0, 0.05) is 49.6 Å². The zero-order valence-electron chi connectivity index (χ0n) is 33.7. The zero-order valence-corrected chi connectivity index (χ0v) is 34.6. The molecule has 0 radical (unpaired) electrons. The molecule has 4 nitrogen and oxygen atoms in total. The maximum absolute atomic E-state index is 5.12. The molecular weight excluding hydrogens is 749 g/mol. The summed E-state index contributed by atoms with van der Waals surface area (Å²) < 4.78 is 4.75. The third-order valence-electron chi connectivity index (χ3n) is 11.7. The molecule has 0 N–H and O–H groups in total. The van der Waals surface area contributed by atoms with Gasteiger partial charge in [0.15, 0.2) is 5.82 Å². The second-order valence-corrected chi connectivity index (χ2v) is 20.4. The quantitative estimate of drug-likeness (QED) is 0.161. The van der Waals surface area contributed by atoms with E-state index in [4.69, 9.17) is 9.97 Å². The first-order chi connectivity index (χ1) is 29.4. The Morgan fingerprint density at radius 2 is 0.750 bits per heavy atom. The molecule has 0 aliphatic carbocycles. The standard InChI is InChI=1S/C55H42N4S/c1-60(2,3)44-30-24-38(25-31-44)50-36-49(56-55(57-50)39-14-6-4-7-15-39)37-22-28-43(29-23-37)59-52-21-13-11-19-46(52)48-35-41(27-33-54(48)59)40-26-32-53-47(34-40)45-18-10-12-20-51(45)58(53)42-16-8-5-9-17-42/h4-36H,1-3H3. The molecular formula is C55H42N4S. The lowest BCUT2D eigenvalue weighted by Gasteiger charge is -2.25. The van der Waals surface area contributed by atoms with Crippen LogP contribution in [-0.2, 0) is 0 Å². The minimum atomic E-state index is -0.827. The van der Waals surface area contributed by atoms with E-state index in [0.717, 1.165) is 39.6 Å². The van der Waals surface area contributed by atoms with E-state index in [1.54, 1.807) is 0 Å². The van der Waals surface area contributed by atoms with Crippen molar-refractivity contribution in [3.05, 3.63) is 200 Å². The van der Waals surface area contributed by atoms with E-state index in [2.05, 4.69) is 210 Å². The second kappa shape index (κ2) is 14.3. The van der Waals surface area contributed by atoms with Gasteiger partial charge in [-0.3, -0.25) is 0 Å². The molecule has 0 aliphatic heterocycles. The van der Waals surface area contributed by atoms with Gasteiger partial charge in [0.25, 0.3) is 0 Å². The maximum atomic E-state index is 5.12. The van der Waals surface area contributed by atoms with Crippen LogP contribution in [0.25, 0.3) is 100 Å². The predicted octanol–water partition coefficient (Wildman–Crippen LogP) is 14.4. The summed E-state index contributed by atoms with van der Waals surface area (Å²) in [5.74, 6) is 0.719. The van der Waals surface area contributed by atoms with Crippen LogP contribution in [0.4, 0.5) is 0 Å². The zero-order chi connectivity index (χ0) is 40.4. The van der Waals surface area contributed by atoms with Crippen molar-refractivity contribution in [2.75, 3.05) is 18.8 Å². The summed E-state index contributed by atoms with van der Waals surface area (Å²) in [4.78, 5) is 11.6. The van der Waals surface area contributed by atoms with Crippen molar-refractivity contribution < 1.29 is 0 Å². The minimum Gasteiger partial charge on any atom is -0.309 e. The summed E-state index contributed by atoms with van der Waals surface area (Å²) in [6, 6.07) is 72.0. The number of nitrogens with zero attached hydrogens (tertiary/aromatic N) is 4. The predicted molar refractivity (Wildman–Crippen MR) is 256 cm³/mol. The number of hydrogen-bond acceptors (Lipinski definition) is 2. The van der Waals surface area contributed by atoms with Gasteiger partial charge in [-0.25, -0.2) is 20.0 Å². The van der Waals surface area contributed by atoms with E-state index < -0.39 is 10.0 Å². The first-order valence-electron chi connectivity index (χ1n) is 20.3. The third kappa shape index (κ3) is 6.18. The molecule has 8 aromatic carbocycles. The van der Waals surface area contributed by atoms with Crippen LogP contribution in [0.2, 0.25) is 0 Å². The van der Waals surface area contributed by atoms with Crippen molar-refractivity contribution in [2.45, 2.75) is 4.90 Å². The average molecular weight is 791 g/mol. The van der Waals surface area contributed by atoms with Gasteiger partial charge in [0.1, 0.15) is 0 Å². The topological polar surface area (TPSA) is 35.6 Å². The van der Waals surface area contributed by atoms with E-state index in [1.807, 2.05) is 18.2 Å². The number of para-hydroxylation sites is 3. The summed E-state index contributed by atoms with van der Waals surface area (Å²) in [5.41, 5.74) is 14.4. The van der Waals surface area contributed by atoms with Crippen molar-refractivity contribution in [2.24, 2.45) is 0 Å². The normalized spacial score (nSPS) is 12.2. The Bertz CT molecular complexity index is 3380. The van der Waals surface area contributed by atoms with E-state index in [9.17, 15) is 0 Å². The van der Waals surface area contributed by atoms with Crippen molar-refractivity contribution in [1.82, 2.24) is 19.1 Å². The van der Waals surface area contributed by atoms with E-state index in [1.165, 1.54) is 65.3 Å². The van der Waals surface area contributed by atoms with Gasteiger partial charge in [0.05, 0.1) is 33.5 Å². The van der Waals surface area contributed by atoms with Gasteiger partial charge in [-0.2, -0.15) is 0 Å². The molecule has 3 aromatic heterocycles. The lowest BCUT2D eigenvalue weighted by atomic mass is 10.0. The summed E-state index contributed by atoms with van der Waals surface area (Å²) in [7, 11) is -0.827. The smallest absolute Gasteiger partial charge is 0.160 e. The SMILES string of the molecule is CS(C)(C)c1ccc(-c2cc(-c3ccc(-n4c5ccccc5c5cc(-c6ccc7c(c6)c6ccccc6n7-c6ccccc6)ccc54)cc3)nc(-c3ccccc3)n2)cc1. The largest absolute Gasteiger partial charge is 0.309 e. The molecule has 0 fully saturated rings. The number of hydrogen-bond donors (Lipinski definition) is 0. The summed E-state index contributed by atoms with van der Waals surface area (Å²) in [6.45, 7) is 0. The first kappa shape index (κ1) is 35.9. The number of fused-ring (bicyclic) bond motifs is 6. The molecule has 0 unspecified atom stereocenters. The maximum Gasteiger partial charge on any atom is 0.160 e. The molecule has 11 rings (SSSR count). The lowest BCUT2D eigenvalue weighted by Crippen LogP contribution is -1.97. The van der Waals surface area contributed by atoms with Crippen LogP contribution >= 0.6 is 10.0 Å². The van der Waals surface area contributed by atoms with Crippen molar-refractivity contribution >= 4 is 53.6 Å². The van der Waals surface area contributed by atoms with Crippen LogP contribution in [0.3, 0.4) is 0 Å². The highest BCUT2D eigenvalue weighted by Crippen LogP contribution is 2.45. The Balaban J connectivity index is 0.991. The summed E-state index contributed by atoms with van der Waals surface area (Å²) in [5, 5.41) is 4.96. The Hall–Kier alpha value is -7.21. The van der Waals surface area contributed by atoms with Crippen LogP contribution < -0.4 is 0 Å². The van der Waals surface area contributed by atoms with Crippen molar-refractivity contribution in [3.63, 3.8) is 0 Å². The fraction of sp³-hybridized carbons (Fsp3) is 0.0545. The van der Waals surface area contributed by atoms with Gasteiger partial charge in [0.2, 0.25) is 0 Å². The Morgan fingerprint density at radius 1 is 0.333 bits per heavy atom. The lowest BCUT2D eigenvalue weighted by molar-refractivity contribution is 1.17. The molecule has 0 aliphatic rings. The Morgan fingerprint density at radius 3 is 1.27 bits per heavy atom. The van der Waals surface area contributed by atoms with Gasteiger partial charge in [-0.15, -0.1) is 0 Å². The molecule has 0 amide bonds. The van der Waals surface area contributed by atoms with Gasteiger partial charge in [-0.05, 0) is 114 Å².